The van der Waals surface area contributed by atoms with E-state index in [-0.39, 0.29) is 17.7 Å². The van der Waals surface area contributed by atoms with E-state index in [1.54, 1.807) is 37.3 Å². The van der Waals surface area contributed by atoms with Crippen LogP contribution in [0, 0.1) is 11.8 Å². The van der Waals surface area contributed by atoms with Gasteiger partial charge < -0.3 is 19.7 Å². The smallest absolute Gasteiger partial charge is 0.254 e. The van der Waals surface area contributed by atoms with Crippen LogP contribution >= 0.6 is 0 Å². The molecule has 3 rings (SSSR count). The average Bonchev–Trinajstić information content (AvgIpc) is 3.49. The lowest BCUT2D eigenvalue weighted by molar-refractivity contribution is -0.126. The molecule has 1 heterocycles. The van der Waals surface area contributed by atoms with Gasteiger partial charge >= 0.3 is 0 Å². The summed E-state index contributed by atoms with van der Waals surface area (Å²) in [4.78, 5) is 26.9. The minimum absolute atomic E-state index is 0.0688. The number of carbonyl (C=O) groups excluding carboxylic acids is 2. The summed E-state index contributed by atoms with van der Waals surface area (Å²) in [5.74, 6) is 1.69. The third-order valence-corrected chi connectivity index (χ3v) is 4.97. The Kier molecular flexibility index (Phi) is 5.46. The first-order valence-corrected chi connectivity index (χ1v) is 8.91. The Balaban J connectivity index is 1.63. The highest BCUT2D eigenvalue weighted by Gasteiger charge is 2.30. The second-order valence-electron chi connectivity index (χ2n) is 6.85. The second kappa shape index (κ2) is 7.76. The number of carbonyl (C=O) groups is 2. The lowest BCUT2D eigenvalue weighted by Gasteiger charge is -2.32. The first-order chi connectivity index (χ1) is 12.1. The zero-order valence-electron chi connectivity index (χ0n) is 14.9. The molecule has 2 aliphatic rings. The van der Waals surface area contributed by atoms with Gasteiger partial charge in [-0.25, -0.2) is 0 Å². The van der Waals surface area contributed by atoms with Gasteiger partial charge in [-0.2, -0.15) is 0 Å². The number of hydrogen-bond donors (Lipinski definition) is 1. The highest BCUT2D eigenvalue weighted by atomic mass is 16.5. The molecule has 2 fully saturated rings. The summed E-state index contributed by atoms with van der Waals surface area (Å²) in [6, 6.07) is 5.16. The standard InChI is InChI=1S/C19H26N2O4/c1-24-16-8-7-14(10-17(16)25-2)19(23)21-9-3-4-15(12-21)18(22)20-11-13-5-6-13/h7-8,10,13,15H,3-6,9,11-12H2,1-2H3,(H,20,22). The van der Waals surface area contributed by atoms with E-state index < -0.39 is 0 Å². The summed E-state index contributed by atoms with van der Waals surface area (Å²) in [5.41, 5.74) is 0.552. The van der Waals surface area contributed by atoms with Crippen molar-refractivity contribution in [3.05, 3.63) is 23.8 Å². The summed E-state index contributed by atoms with van der Waals surface area (Å²) in [6.07, 6.45) is 4.12. The lowest BCUT2D eigenvalue weighted by atomic mass is 9.96. The molecule has 6 heteroatoms. The maximum atomic E-state index is 12.8. The van der Waals surface area contributed by atoms with E-state index in [1.807, 2.05) is 0 Å². The number of methoxy groups -OCH3 is 2. The molecule has 25 heavy (non-hydrogen) atoms. The maximum Gasteiger partial charge on any atom is 0.254 e. The number of piperidine rings is 1. The number of likely N-dealkylation sites (tertiary alicyclic amines) is 1. The van der Waals surface area contributed by atoms with Gasteiger partial charge in [0.25, 0.3) is 5.91 Å². The van der Waals surface area contributed by atoms with Crippen molar-refractivity contribution in [2.24, 2.45) is 11.8 Å². The van der Waals surface area contributed by atoms with Gasteiger partial charge in [0.15, 0.2) is 11.5 Å². The number of amides is 2. The molecule has 1 aliphatic heterocycles. The summed E-state index contributed by atoms with van der Waals surface area (Å²) < 4.78 is 10.5. The maximum absolute atomic E-state index is 12.8. The highest BCUT2D eigenvalue weighted by Crippen LogP contribution is 2.29. The molecule has 0 radical (unpaired) electrons. The molecule has 2 amide bonds. The molecule has 1 unspecified atom stereocenters. The lowest BCUT2D eigenvalue weighted by Crippen LogP contribution is -2.45. The molecule has 6 nitrogen and oxygen atoms in total. The van der Waals surface area contributed by atoms with Crippen molar-refractivity contribution in [1.82, 2.24) is 10.2 Å². The van der Waals surface area contributed by atoms with Crippen molar-refractivity contribution in [2.45, 2.75) is 25.7 Å². The molecular weight excluding hydrogens is 320 g/mol. The van der Waals surface area contributed by atoms with Crippen LogP contribution in [0.1, 0.15) is 36.0 Å². The highest BCUT2D eigenvalue weighted by molar-refractivity contribution is 5.95. The SMILES string of the molecule is COc1ccc(C(=O)N2CCCC(C(=O)NCC3CC3)C2)cc1OC. The molecule has 1 atom stereocenters. The van der Waals surface area contributed by atoms with Crippen LogP contribution in [0.4, 0.5) is 0 Å². The molecule has 1 aliphatic carbocycles. The van der Waals surface area contributed by atoms with E-state index in [4.69, 9.17) is 9.47 Å². The minimum atomic E-state index is -0.114. The van der Waals surface area contributed by atoms with E-state index in [2.05, 4.69) is 5.32 Å². The number of nitrogens with one attached hydrogen (secondary N) is 1. The minimum Gasteiger partial charge on any atom is -0.493 e. The van der Waals surface area contributed by atoms with Gasteiger partial charge in [0.1, 0.15) is 0 Å². The third-order valence-electron chi connectivity index (χ3n) is 4.97. The zero-order valence-corrected chi connectivity index (χ0v) is 14.9. The summed E-state index contributed by atoms with van der Waals surface area (Å²) in [5, 5.41) is 3.03. The third kappa shape index (κ3) is 4.24. The van der Waals surface area contributed by atoms with E-state index in [1.165, 1.54) is 12.8 Å². The van der Waals surface area contributed by atoms with Crippen LogP contribution in [-0.4, -0.2) is 50.6 Å². The fourth-order valence-electron chi connectivity index (χ4n) is 3.24. The first kappa shape index (κ1) is 17.6. The van der Waals surface area contributed by atoms with Crippen LogP contribution in [0.5, 0.6) is 11.5 Å². The zero-order chi connectivity index (χ0) is 17.8. The largest absolute Gasteiger partial charge is 0.493 e. The normalized spacial score (nSPS) is 20.1. The fourth-order valence-corrected chi connectivity index (χ4v) is 3.24. The van der Waals surface area contributed by atoms with Gasteiger partial charge in [-0.15, -0.1) is 0 Å². The summed E-state index contributed by atoms with van der Waals surface area (Å²) >= 11 is 0. The molecule has 0 aromatic heterocycles. The number of benzene rings is 1. The Labute approximate surface area is 148 Å². The van der Waals surface area contributed by atoms with Gasteiger partial charge in [-0.3, -0.25) is 9.59 Å². The Hall–Kier alpha value is -2.24. The van der Waals surface area contributed by atoms with E-state index in [0.29, 0.717) is 36.1 Å². The first-order valence-electron chi connectivity index (χ1n) is 8.91. The molecule has 1 N–H and O–H groups in total. The summed E-state index contributed by atoms with van der Waals surface area (Å²) in [7, 11) is 3.11. The van der Waals surface area contributed by atoms with Crippen LogP contribution in [-0.2, 0) is 4.79 Å². The topological polar surface area (TPSA) is 67.9 Å². The fraction of sp³-hybridized carbons (Fsp3) is 0.579. The average molecular weight is 346 g/mol. The Morgan fingerprint density at radius 3 is 2.60 bits per heavy atom. The predicted molar refractivity (Wildman–Crippen MR) is 93.9 cm³/mol. The Bertz CT molecular complexity index is 642. The molecule has 136 valence electrons. The van der Waals surface area contributed by atoms with Crippen LogP contribution < -0.4 is 14.8 Å². The van der Waals surface area contributed by atoms with Gasteiger partial charge in [0, 0.05) is 25.2 Å². The number of rotatable bonds is 6. The molecule has 0 bridgehead atoms. The van der Waals surface area contributed by atoms with Crippen molar-refractivity contribution in [2.75, 3.05) is 33.9 Å². The Morgan fingerprint density at radius 2 is 1.92 bits per heavy atom. The second-order valence-corrected chi connectivity index (χ2v) is 6.85. The van der Waals surface area contributed by atoms with Gasteiger partial charge in [-0.05, 0) is 49.8 Å². The molecule has 1 aromatic rings. The van der Waals surface area contributed by atoms with E-state index >= 15 is 0 Å². The molecule has 1 saturated carbocycles. The number of nitrogens with zero attached hydrogens (tertiary/aromatic N) is 1. The van der Waals surface area contributed by atoms with E-state index in [9.17, 15) is 9.59 Å². The number of ether oxygens (including phenoxy) is 2. The summed E-state index contributed by atoms with van der Waals surface area (Å²) in [6.45, 7) is 1.93. The van der Waals surface area contributed by atoms with Crippen LogP contribution in [0.15, 0.2) is 18.2 Å². The van der Waals surface area contributed by atoms with Crippen molar-refractivity contribution in [1.29, 1.82) is 0 Å². The van der Waals surface area contributed by atoms with E-state index in [0.717, 1.165) is 19.4 Å². The van der Waals surface area contributed by atoms with Crippen molar-refractivity contribution in [3.8, 4) is 11.5 Å². The molecular formula is C19H26N2O4. The van der Waals surface area contributed by atoms with Crippen molar-refractivity contribution in [3.63, 3.8) is 0 Å². The van der Waals surface area contributed by atoms with Gasteiger partial charge in [0.05, 0.1) is 20.1 Å². The monoisotopic (exact) mass is 346 g/mol. The quantitative estimate of drug-likeness (QED) is 0.856. The van der Waals surface area contributed by atoms with Crippen LogP contribution in [0.3, 0.4) is 0 Å². The Morgan fingerprint density at radius 1 is 1.16 bits per heavy atom. The van der Waals surface area contributed by atoms with Crippen molar-refractivity contribution < 1.29 is 19.1 Å². The van der Waals surface area contributed by atoms with Crippen LogP contribution in [0.25, 0.3) is 0 Å². The number of hydrogen-bond acceptors (Lipinski definition) is 4. The van der Waals surface area contributed by atoms with Crippen molar-refractivity contribution >= 4 is 11.8 Å². The van der Waals surface area contributed by atoms with Gasteiger partial charge in [-0.1, -0.05) is 0 Å². The molecule has 0 spiro atoms. The predicted octanol–water partition coefficient (Wildman–Crippen LogP) is 2.08. The molecule has 1 saturated heterocycles. The van der Waals surface area contributed by atoms with Crippen LogP contribution in [0.2, 0.25) is 0 Å². The van der Waals surface area contributed by atoms with Gasteiger partial charge in [0.2, 0.25) is 5.91 Å². The molecule has 1 aromatic carbocycles.